The molecule has 2 N–H and O–H groups in total. The van der Waals surface area contributed by atoms with Crippen LogP contribution >= 0.6 is 0 Å². The van der Waals surface area contributed by atoms with Gasteiger partial charge in [-0.15, -0.1) is 0 Å². The van der Waals surface area contributed by atoms with Crippen molar-refractivity contribution in [1.29, 1.82) is 0 Å². The zero-order valence-electron chi connectivity index (χ0n) is 12.2. The third-order valence-electron chi connectivity index (χ3n) is 3.38. The molecule has 1 atom stereocenters. The highest BCUT2D eigenvalue weighted by atomic mass is 16.3. The van der Waals surface area contributed by atoms with Crippen LogP contribution in [0.2, 0.25) is 0 Å². The Bertz CT molecular complexity index is 567. The highest BCUT2D eigenvalue weighted by Crippen LogP contribution is 2.19. The Morgan fingerprint density at radius 3 is 3.00 bits per heavy atom. The second kappa shape index (κ2) is 7.59. The van der Waals surface area contributed by atoms with Gasteiger partial charge in [-0.3, -0.25) is 4.79 Å². The van der Waals surface area contributed by atoms with E-state index >= 15 is 0 Å². The molecule has 0 aliphatic carbocycles. The zero-order valence-corrected chi connectivity index (χ0v) is 12.2. The number of imidazole rings is 1. The first kappa shape index (κ1) is 15.3. The van der Waals surface area contributed by atoms with Crippen molar-refractivity contribution in [3.8, 4) is 0 Å². The molecule has 0 aliphatic rings. The predicted octanol–water partition coefficient (Wildman–Crippen LogP) is 2.75. The van der Waals surface area contributed by atoms with Crippen molar-refractivity contribution in [2.75, 3.05) is 5.32 Å². The number of amides is 1. The second-order valence-electron chi connectivity index (χ2n) is 5.06. The number of anilines is 1. The summed E-state index contributed by atoms with van der Waals surface area (Å²) in [5.41, 5.74) is 1.50. The van der Waals surface area contributed by atoms with Gasteiger partial charge in [-0.1, -0.05) is 25.5 Å². The summed E-state index contributed by atoms with van der Waals surface area (Å²) in [6.07, 6.45) is 7.72. The van der Waals surface area contributed by atoms with Crippen LogP contribution < -0.4 is 5.32 Å². The average Bonchev–Trinajstić information content (AvgIpc) is 3.01. The van der Waals surface area contributed by atoms with Crippen LogP contribution in [0.1, 0.15) is 37.8 Å². The Balaban J connectivity index is 1.98. The molecule has 0 bridgehead atoms. The van der Waals surface area contributed by atoms with Crippen LogP contribution in [0.3, 0.4) is 0 Å². The summed E-state index contributed by atoms with van der Waals surface area (Å²) in [4.78, 5) is 16.2. The predicted molar refractivity (Wildman–Crippen MR) is 81.8 cm³/mol. The number of carbonyl (C=O) groups excluding carboxylic acids is 1. The van der Waals surface area contributed by atoms with Crippen molar-refractivity contribution in [2.24, 2.45) is 0 Å². The summed E-state index contributed by atoms with van der Waals surface area (Å²) < 4.78 is 1.98. The largest absolute Gasteiger partial charge is 0.392 e. The van der Waals surface area contributed by atoms with Gasteiger partial charge in [0.1, 0.15) is 0 Å². The number of rotatable bonds is 7. The standard InChI is InChI=1S/C16H21N3O2/c1-2-4-15(19-8-7-17-12-19)10-16(21)18-14-6-3-5-13(9-14)11-20/h3,5-9,12,15,20H,2,4,10-11H2,1H3,(H,18,21). The van der Waals surface area contributed by atoms with Gasteiger partial charge in [-0.05, 0) is 24.1 Å². The molecule has 0 radical (unpaired) electrons. The van der Waals surface area contributed by atoms with E-state index in [2.05, 4.69) is 17.2 Å². The van der Waals surface area contributed by atoms with E-state index in [-0.39, 0.29) is 18.6 Å². The SMILES string of the molecule is CCCC(CC(=O)Nc1cccc(CO)c1)n1ccnc1. The van der Waals surface area contributed by atoms with E-state index in [1.165, 1.54) is 0 Å². The normalized spacial score (nSPS) is 12.1. The molecule has 0 saturated carbocycles. The number of aliphatic hydroxyl groups is 1. The van der Waals surface area contributed by atoms with E-state index in [4.69, 9.17) is 5.11 Å². The highest BCUT2D eigenvalue weighted by molar-refractivity contribution is 5.91. The Morgan fingerprint density at radius 2 is 2.33 bits per heavy atom. The number of nitrogens with one attached hydrogen (secondary N) is 1. The minimum absolute atomic E-state index is 0.0303. The number of hydrogen-bond acceptors (Lipinski definition) is 3. The lowest BCUT2D eigenvalue weighted by Gasteiger charge is -2.17. The van der Waals surface area contributed by atoms with Crippen LogP contribution in [0.4, 0.5) is 5.69 Å². The minimum Gasteiger partial charge on any atom is -0.392 e. The molecule has 5 nitrogen and oxygen atoms in total. The molecule has 2 rings (SSSR count). The van der Waals surface area contributed by atoms with Gasteiger partial charge in [0.25, 0.3) is 0 Å². The van der Waals surface area contributed by atoms with Gasteiger partial charge >= 0.3 is 0 Å². The fourth-order valence-corrected chi connectivity index (χ4v) is 2.35. The Kier molecular flexibility index (Phi) is 5.51. The van der Waals surface area contributed by atoms with E-state index in [9.17, 15) is 4.79 Å². The molecule has 1 aromatic carbocycles. The van der Waals surface area contributed by atoms with Crippen molar-refractivity contribution in [3.63, 3.8) is 0 Å². The first-order valence-electron chi connectivity index (χ1n) is 7.20. The lowest BCUT2D eigenvalue weighted by Crippen LogP contribution is -2.18. The van der Waals surface area contributed by atoms with Gasteiger partial charge in [-0.2, -0.15) is 0 Å². The van der Waals surface area contributed by atoms with Crippen molar-refractivity contribution < 1.29 is 9.90 Å². The van der Waals surface area contributed by atoms with Gasteiger partial charge in [0.05, 0.1) is 12.9 Å². The summed E-state index contributed by atoms with van der Waals surface area (Å²) in [6, 6.07) is 7.37. The molecule has 0 saturated heterocycles. The number of nitrogens with zero attached hydrogens (tertiary/aromatic N) is 2. The first-order valence-corrected chi connectivity index (χ1v) is 7.20. The number of benzene rings is 1. The molecule has 5 heteroatoms. The summed E-state index contributed by atoms with van der Waals surface area (Å²) in [7, 11) is 0. The van der Waals surface area contributed by atoms with Crippen molar-refractivity contribution >= 4 is 11.6 Å². The maximum Gasteiger partial charge on any atom is 0.226 e. The molecule has 1 aromatic heterocycles. The topological polar surface area (TPSA) is 67.2 Å². The van der Waals surface area contributed by atoms with Gasteiger partial charge in [0, 0.05) is 30.5 Å². The molecule has 1 heterocycles. The summed E-state index contributed by atoms with van der Waals surface area (Å²) in [6.45, 7) is 2.07. The number of carbonyl (C=O) groups is 1. The molecular weight excluding hydrogens is 266 g/mol. The Morgan fingerprint density at radius 1 is 1.48 bits per heavy atom. The third kappa shape index (κ3) is 4.43. The van der Waals surface area contributed by atoms with Crippen LogP contribution in [0.15, 0.2) is 43.0 Å². The van der Waals surface area contributed by atoms with Gasteiger partial charge in [0.15, 0.2) is 0 Å². The lowest BCUT2D eigenvalue weighted by molar-refractivity contribution is -0.117. The fraction of sp³-hybridized carbons (Fsp3) is 0.375. The van der Waals surface area contributed by atoms with Crippen LogP contribution in [-0.2, 0) is 11.4 Å². The first-order chi connectivity index (χ1) is 10.2. The zero-order chi connectivity index (χ0) is 15.1. The van der Waals surface area contributed by atoms with Crippen molar-refractivity contribution in [1.82, 2.24) is 9.55 Å². The third-order valence-corrected chi connectivity index (χ3v) is 3.38. The van der Waals surface area contributed by atoms with Crippen LogP contribution in [-0.4, -0.2) is 20.6 Å². The molecule has 112 valence electrons. The number of aromatic nitrogens is 2. The number of aliphatic hydroxyl groups excluding tert-OH is 1. The Hall–Kier alpha value is -2.14. The van der Waals surface area contributed by atoms with Gasteiger partial charge < -0.3 is 15.0 Å². The molecule has 0 spiro atoms. The van der Waals surface area contributed by atoms with Crippen LogP contribution in [0.5, 0.6) is 0 Å². The van der Waals surface area contributed by atoms with Gasteiger partial charge in [-0.25, -0.2) is 4.98 Å². The maximum atomic E-state index is 12.2. The summed E-state index contributed by atoms with van der Waals surface area (Å²) in [5.74, 6) is -0.0303. The molecule has 2 aromatic rings. The summed E-state index contributed by atoms with van der Waals surface area (Å²) >= 11 is 0. The smallest absolute Gasteiger partial charge is 0.226 e. The van der Waals surface area contributed by atoms with Gasteiger partial charge in [0.2, 0.25) is 5.91 Å². The van der Waals surface area contributed by atoms with Crippen molar-refractivity contribution in [3.05, 3.63) is 48.5 Å². The summed E-state index contributed by atoms with van der Waals surface area (Å²) in [5, 5.41) is 12.0. The van der Waals surface area contributed by atoms with E-state index in [1.54, 1.807) is 18.6 Å². The highest BCUT2D eigenvalue weighted by Gasteiger charge is 2.14. The lowest BCUT2D eigenvalue weighted by atomic mass is 10.1. The van der Waals surface area contributed by atoms with Crippen molar-refractivity contribution in [2.45, 2.75) is 38.8 Å². The molecule has 1 amide bonds. The van der Waals surface area contributed by atoms with E-state index in [0.29, 0.717) is 12.1 Å². The number of hydrogen-bond donors (Lipinski definition) is 2. The van der Waals surface area contributed by atoms with Crippen LogP contribution in [0, 0.1) is 0 Å². The molecule has 0 fully saturated rings. The molecule has 21 heavy (non-hydrogen) atoms. The van der Waals surface area contributed by atoms with E-state index in [0.717, 1.165) is 18.4 Å². The average molecular weight is 287 g/mol. The minimum atomic E-state index is -0.0305. The van der Waals surface area contributed by atoms with E-state index < -0.39 is 0 Å². The molecule has 0 aliphatic heterocycles. The van der Waals surface area contributed by atoms with E-state index in [1.807, 2.05) is 29.0 Å². The monoisotopic (exact) mass is 287 g/mol. The Labute approximate surface area is 124 Å². The fourth-order valence-electron chi connectivity index (χ4n) is 2.35. The maximum absolute atomic E-state index is 12.2. The molecule has 1 unspecified atom stereocenters. The quantitative estimate of drug-likeness (QED) is 0.823. The molecular formula is C16H21N3O2. The van der Waals surface area contributed by atoms with Crippen LogP contribution in [0.25, 0.3) is 0 Å². The second-order valence-corrected chi connectivity index (χ2v) is 5.06.